The molecule has 0 unspecified atom stereocenters. The van der Waals surface area contributed by atoms with Crippen molar-refractivity contribution in [1.82, 2.24) is 0 Å². The number of para-hydroxylation sites is 1. The Morgan fingerprint density at radius 1 is 1.11 bits per heavy atom. The number of halogens is 1. The standard InChI is InChI=1S/C14H22INO2/c1-14(2,3)16-8-9-17-10-11-18-13-7-5-4-6-12(13)15/h4-7,16H,8-11H2,1-3H3/p+1. The van der Waals surface area contributed by atoms with Crippen molar-refractivity contribution in [2.75, 3.05) is 26.4 Å². The van der Waals surface area contributed by atoms with E-state index >= 15 is 0 Å². The molecule has 4 heteroatoms. The van der Waals surface area contributed by atoms with Gasteiger partial charge in [-0.3, -0.25) is 0 Å². The maximum absolute atomic E-state index is 5.64. The fourth-order valence-electron chi connectivity index (χ4n) is 1.45. The van der Waals surface area contributed by atoms with Crippen LogP contribution in [0.1, 0.15) is 20.8 Å². The predicted octanol–water partition coefficient (Wildman–Crippen LogP) is 2.05. The van der Waals surface area contributed by atoms with E-state index in [1.165, 1.54) is 0 Å². The summed E-state index contributed by atoms with van der Waals surface area (Å²) >= 11 is 2.27. The Labute approximate surface area is 123 Å². The van der Waals surface area contributed by atoms with E-state index in [-0.39, 0.29) is 5.54 Å². The second-order valence-corrected chi connectivity index (χ2v) is 6.41. The summed E-state index contributed by atoms with van der Waals surface area (Å²) in [5.74, 6) is 0.933. The first-order valence-corrected chi connectivity index (χ1v) is 7.36. The Balaban J connectivity index is 2.04. The lowest BCUT2D eigenvalue weighted by atomic mass is 10.1. The lowest BCUT2D eigenvalue weighted by Gasteiger charge is -2.16. The molecule has 1 rings (SSSR count). The van der Waals surface area contributed by atoms with Crippen LogP contribution in [0.5, 0.6) is 5.75 Å². The second kappa shape index (κ2) is 7.96. The van der Waals surface area contributed by atoms with Crippen LogP contribution < -0.4 is 10.1 Å². The maximum Gasteiger partial charge on any atom is 0.132 e. The maximum atomic E-state index is 5.64. The molecule has 1 aromatic rings. The molecule has 0 heterocycles. The van der Waals surface area contributed by atoms with Gasteiger partial charge in [-0.2, -0.15) is 0 Å². The molecule has 1 aromatic carbocycles. The van der Waals surface area contributed by atoms with E-state index in [0.717, 1.165) is 22.5 Å². The van der Waals surface area contributed by atoms with Crippen LogP contribution in [0.25, 0.3) is 0 Å². The third-order valence-corrected chi connectivity index (χ3v) is 3.23. The predicted molar refractivity (Wildman–Crippen MR) is 82.0 cm³/mol. The van der Waals surface area contributed by atoms with Crippen molar-refractivity contribution in [1.29, 1.82) is 0 Å². The van der Waals surface area contributed by atoms with Crippen LogP contribution in [-0.2, 0) is 4.74 Å². The molecule has 0 fully saturated rings. The van der Waals surface area contributed by atoms with E-state index in [1.807, 2.05) is 24.3 Å². The fourth-order valence-corrected chi connectivity index (χ4v) is 1.99. The highest BCUT2D eigenvalue weighted by atomic mass is 127. The van der Waals surface area contributed by atoms with E-state index < -0.39 is 0 Å². The van der Waals surface area contributed by atoms with E-state index in [0.29, 0.717) is 13.2 Å². The van der Waals surface area contributed by atoms with E-state index in [1.54, 1.807) is 0 Å². The van der Waals surface area contributed by atoms with Gasteiger partial charge in [0, 0.05) is 0 Å². The van der Waals surface area contributed by atoms with Crippen molar-refractivity contribution in [3.63, 3.8) is 0 Å². The van der Waals surface area contributed by atoms with Crippen LogP contribution in [0.4, 0.5) is 0 Å². The quantitative estimate of drug-likeness (QED) is 0.594. The number of benzene rings is 1. The van der Waals surface area contributed by atoms with Crippen LogP contribution in [0.2, 0.25) is 0 Å². The molecule has 0 saturated carbocycles. The van der Waals surface area contributed by atoms with Gasteiger partial charge in [-0.15, -0.1) is 0 Å². The monoisotopic (exact) mass is 364 g/mol. The molecule has 0 atom stereocenters. The zero-order valence-corrected chi connectivity index (χ0v) is 13.6. The van der Waals surface area contributed by atoms with Gasteiger partial charge in [-0.1, -0.05) is 12.1 Å². The Kier molecular flexibility index (Phi) is 6.96. The lowest BCUT2D eigenvalue weighted by Crippen LogP contribution is -2.95. The Morgan fingerprint density at radius 2 is 1.83 bits per heavy atom. The molecule has 0 aliphatic rings. The van der Waals surface area contributed by atoms with Gasteiger partial charge in [0.25, 0.3) is 0 Å². The van der Waals surface area contributed by atoms with Gasteiger partial charge in [-0.05, 0) is 55.5 Å². The van der Waals surface area contributed by atoms with Gasteiger partial charge >= 0.3 is 0 Å². The van der Waals surface area contributed by atoms with Crippen molar-refractivity contribution in [2.45, 2.75) is 26.3 Å². The molecular formula is C14H23INO2+. The topological polar surface area (TPSA) is 35.1 Å². The smallest absolute Gasteiger partial charge is 0.132 e. The van der Waals surface area contributed by atoms with Crippen molar-refractivity contribution < 1.29 is 14.8 Å². The fraction of sp³-hybridized carbons (Fsp3) is 0.571. The molecule has 0 aromatic heterocycles. The number of hydrogen-bond acceptors (Lipinski definition) is 2. The van der Waals surface area contributed by atoms with E-state index in [4.69, 9.17) is 9.47 Å². The van der Waals surface area contributed by atoms with Crippen LogP contribution in [0.15, 0.2) is 24.3 Å². The summed E-state index contributed by atoms with van der Waals surface area (Å²) in [6.45, 7) is 9.62. The Hall–Kier alpha value is -0.330. The van der Waals surface area contributed by atoms with Gasteiger partial charge in [0.05, 0.1) is 28.9 Å². The summed E-state index contributed by atoms with van der Waals surface area (Å²) in [4.78, 5) is 0. The van der Waals surface area contributed by atoms with Gasteiger partial charge in [0.15, 0.2) is 0 Å². The zero-order valence-electron chi connectivity index (χ0n) is 11.4. The molecule has 0 spiro atoms. The highest BCUT2D eigenvalue weighted by Crippen LogP contribution is 2.19. The summed E-state index contributed by atoms with van der Waals surface area (Å²) in [5, 5.41) is 2.29. The number of rotatable bonds is 7. The van der Waals surface area contributed by atoms with Crippen molar-refractivity contribution in [2.24, 2.45) is 0 Å². The minimum Gasteiger partial charge on any atom is -0.490 e. The molecule has 0 radical (unpaired) electrons. The minimum absolute atomic E-state index is 0.278. The Bertz CT molecular complexity index is 350. The van der Waals surface area contributed by atoms with Crippen molar-refractivity contribution in [3.8, 4) is 5.75 Å². The first-order valence-electron chi connectivity index (χ1n) is 6.28. The van der Waals surface area contributed by atoms with Gasteiger partial charge in [0.2, 0.25) is 0 Å². The van der Waals surface area contributed by atoms with E-state index in [9.17, 15) is 0 Å². The van der Waals surface area contributed by atoms with Crippen LogP contribution in [0, 0.1) is 3.57 Å². The largest absolute Gasteiger partial charge is 0.490 e. The summed E-state index contributed by atoms with van der Waals surface area (Å²) in [7, 11) is 0. The minimum atomic E-state index is 0.278. The van der Waals surface area contributed by atoms with Gasteiger partial charge in [0.1, 0.15) is 12.4 Å². The highest BCUT2D eigenvalue weighted by molar-refractivity contribution is 14.1. The molecule has 0 aliphatic heterocycles. The Morgan fingerprint density at radius 3 is 2.50 bits per heavy atom. The zero-order chi connectivity index (χ0) is 13.4. The SMILES string of the molecule is CC(C)(C)[NH2+]CCOCCOc1ccccc1I. The number of hydrogen-bond donors (Lipinski definition) is 1. The van der Waals surface area contributed by atoms with Crippen LogP contribution in [-0.4, -0.2) is 31.9 Å². The lowest BCUT2D eigenvalue weighted by molar-refractivity contribution is -0.718. The third kappa shape index (κ3) is 7.18. The first kappa shape index (κ1) is 15.7. The molecule has 0 aliphatic carbocycles. The first-order chi connectivity index (χ1) is 8.49. The molecule has 0 bridgehead atoms. The molecule has 102 valence electrons. The molecule has 0 saturated heterocycles. The molecule has 3 nitrogen and oxygen atoms in total. The highest BCUT2D eigenvalue weighted by Gasteiger charge is 2.11. The molecule has 2 N–H and O–H groups in total. The van der Waals surface area contributed by atoms with Gasteiger partial charge in [-0.25, -0.2) is 0 Å². The number of quaternary nitrogens is 1. The summed E-state index contributed by atoms with van der Waals surface area (Å²) in [6, 6.07) is 8.01. The summed E-state index contributed by atoms with van der Waals surface area (Å²) in [5.41, 5.74) is 0.278. The van der Waals surface area contributed by atoms with Crippen molar-refractivity contribution in [3.05, 3.63) is 27.8 Å². The summed E-state index contributed by atoms with van der Waals surface area (Å²) in [6.07, 6.45) is 0. The molecule has 18 heavy (non-hydrogen) atoms. The second-order valence-electron chi connectivity index (χ2n) is 5.25. The summed E-state index contributed by atoms with van der Waals surface area (Å²) < 4.78 is 12.3. The normalized spacial score (nSPS) is 11.6. The third-order valence-electron chi connectivity index (χ3n) is 2.34. The number of nitrogens with two attached hydrogens (primary N) is 1. The number of ether oxygens (including phenoxy) is 2. The van der Waals surface area contributed by atoms with Gasteiger partial charge < -0.3 is 14.8 Å². The van der Waals surface area contributed by atoms with Crippen LogP contribution >= 0.6 is 22.6 Å². The average molecular weight is 364 g/mol. The van der Waals surface area contributed by atoms with Crippen molar-refractivity contribution >= 4 is 22.6 Å². The van der Waals surface area contributed by atoms with Crippen LogP contribution in [0.3, 0.4) is 0 Å². The molecule has 0 amide bonds. The van der Waals surface area contributed by atoms with E-state index in [2.05, 4.69) is 48.7 Å². The average Bonchev–Trinajstić information content (AvgIpc) is 2.28. The molecular weight excluding hydrogens is 341 g/mol.